The number of nitrogens with zero attached hydrogens (tertiary/aromatic N) is 4. The predicted octanol–water partition coefficient (Wildman–Crippen LogP) is 2.27. The summed E-state index contributed by atoms with van der Waals surface area (Å²) in [5.74, 6) is -0.505. The van der Waals surface area contributed by atoms with Crippen molar-refractivity contribution in [3.8, 4) is 0 Å². The van der Waals surface area contributed by atoms with Crippen molar-refractivity contribution in [1.29, 1.82) is 0 Å². The highest BCUT2D eigenvalue weighted by molar-refractivity contribution is 4.74. The highest BCUT2D eigenvalue weighted by Gasteiger charge is 2.26. The minimum atomic E-state index is -2.22. The standard InChI is InChI=1S/C8H14F2N4/c9-8(10)7-2-1-4-14(6-7)5-3-12-13-11/h7-8H,1-6H2. The van der Waals surface area contributed by atoms with Gasteiger partial charge >= 0.3 is 0 Å². The normalized spacial score (nSPS) is 23.5. The number of hydrogen-bond donors (Lipinski definition) is 0. The molecule has 14 heavy (non-hydrogen) atoms. The molecule has 0 aromatic heterocycles. The lowest BCUT2D eigenvalue weighted by Crippen LogP contribution is -2.39. The Balaban J connectivity index is 2.28. The number of rotatable bonds is 4. The van der Waals surface area contributed by atoms with E-state index in [0.29, 0.717) is 26.1 Å². The summed E-state index contributed by atoms with van der Waals surface area (Å²) in [5.41, 5.74) is 8.06. The highest BCUT2D eigenvalue weighted by atomic mass is 19.3. The van der Waals surface area contributed by atoms with E-state index in [0.717, 1.165) is 13.0 Å². The fourth-order valence-corrected chi connectivity index (χ4v) is 1.73. The average Bonchev–Trinajstić information content (AvgIpc) is 2.19. The van der Waals surface area contributed by atoms with E-state index >= 15 is 0 Å². The summed E-state index contributed by atoms with van der Waals surface area (Å²) < 4.78 is 24.7. The fourth-order valence-electron chi connectivity index (χ4n) is 1.73. The Hall–Kier alpha value is -0.870. The van der Waals surface area contributed by atoms with Crippen molar-refractivity contribution < 1.29 is 8.78 Å². The first-order valence-electron chi connectivity index (χ1n) is 4.75. The van der Waals surface area contributed by atoms with Gasteiger partial charge < -0.3 is 4.90 Å². The monoisotopic (exact) mass is 204 g/mol. The van der Waals surface area contributed by atoms with Crippen molar-refractivity contribution in [1.82, 2.24) is 4.90 Å². The van der Waals surface area contributed by atoms with Gasteiger partial charge in [0, 0.05) is 30.5 Å². The molecule has 0 aromatic rings. The van der Waals surface area contributed by atoms with Crippen LogP contribution in [0, 0.1) is 5.92 Å². The highest BCUT2D eigenvalue weighted by Crippen LogP contribution is 2.22. The molecule has 0 amide bonds. The van der Waals surface area contributed by atoms with Gasteiger partial charge in [0.1, 0.15) is 0 Å². The molecule has 0 bridgehead atoms. The summed E-state index contributed by atoms with van der Waals surface area (Å²) >= 11 is 0. The molecular weight excluding hydrogens is 190 g/mol. The third-order valence-electron chi connectivity index (χ3n) is 2.48. The molecule has 1 rings (SSSR count). The molecule has 0 saturated carbocycles. The lowest BCUT2D eigenvalue weighted by molar-refractivity contribution is 0.0286. The molecule has 0 aliphatic carbocycles. The summed E-state index contributed by atoms with van der Waals surface area (Å²) in [6.45, 7) is 2.22. The van der Waals surface area contributed by atoms with Crippen LogP contribution in [0.1, 0.15) is 12.8 Å². The SMILES string of the molecule is [N-]=[N+]=NCCN1CCCC(C(F)F)C1. The Labute approximate surface area is 81.5 Å². The Kier molecular flexibility index (Phi) is 4.62. The lowest BCUT2D eigenvalue weighted by Gasteiger charge is -2.31. The number of piperidine rings is 1. The second kappa shape index (κ2) is 5.78. The van der Waals surface area contributed by atoms with Gasteiger partial charge in [-0.05, 0) is 24.9 Å². The van der Waals surface area contributed by atoms with E-state index in [2.05, 4.69) is 10.0 Å². The van der Waals surface area contributed by atoms with Gasteiger partial charge in [-0.3, -0.25) is 0 Å². The van der Waals surface area contributed by atoms with Gasteiger partial charge in [-0.1, -0.05) is 5.11 Å². The number of alkyl halides is 2. The zero-order valence-electron chi connectivity index (χ0n) is 7.94. The maximum atomic E-state index is 12.4. The lowest BCUT2D eigenvalue weighted by atomic mass is 9.99. The summed E-state index contributed by atoms with van der Waals surface area (Å²) in [7, 11) is 0. The van der Waals surface area contributed by atoms with E-state index in [1.165, 1.54) is 0 Å². The molecule has 80 valence electrons. The van der Waals surface area contributed by atoms with Crippen molar-refractivity contribution >= 4 is 0 Å². The zero-order chi connectivity index (χ0) is 10.4. The van der Waals surface area contributed by atoms with Crippen LogP contribution in [0.25, 0.3) is 10.4 Å². The minimum absolute atomic E-state index is 0.368. The summed E-state index contributed by atoms with van der Waals surface area (Å²) in [5, 5.41) is 3.39. The molecule has 1 unspecified atom stereocenters. The maximum Gasteiger partial charge on any atom is 0.242 e. The smallest absolute Gasteiger partial charge is 0.242 e. The van der Waals surface area contributed by atoms with Crippen molar-refractivity contribution in [2.24, 2.45) is 11.0 Å². The van der Waals surface area contributed by atoms with Gasteiger partial charge in [-0.15, -0.1) is 0 Å². The maximum absolute atomic E-state index is 12.4. The number of likely N-dealkylation sites (tertiary alicyclic amines) is 1. The van der Waals surface area contributed by atoms with E-state index in [4.69, 9.17) is 5.53 Å². The first-order valence-corrected chi connectivity index (χ1v) is 4.75. The van der Waals surface area contributed by atoms with Crippen LogP contribution in [-0.2, 0) is 0 Å². The van der Waals surface area contributed by atoms with Gasteiger partial charge in [-0.25, -0.2) is 8.78 Å². The Morgan fingerprint density at radius 3 is 3.00 bits per heavy atom. The molecule has 1 saturated heterocycles. The van der Waals surface area contributed by atoms with Crippen LogP contribution in [0.4, 0.5) is 8.78 Å². The molecule has 1 fully saturated rings. The first kappa shape index (κ1) is 11.2. The van der Waals surface area contributed by atoms with E-state index in [-0.39, 0.29) is 0 Å². The number of halogens is 2. The summed E-state index contributed by atoms with van der Waals surface area (Å²) in [4.78, 5) is 4.56. The van der Waals surface area contributed by atoms with E-state index in [1.54, 1.807) is 0 Å². The molecule has 1 atom stereocenters. The third-order valence-corrected chi connectivity index (χ3v) is 2.48. The first-order chi connectivity index (χ1) is 6.74. The predicted molar refractivity (Wildman–Crippen MR) is 49.2 cm³/mol. The van der Waals surface area contributed by atoms with Gasteiger partial charge in [0.25, 0.3) is 0 Å². The fraction of sp³-hybridized carbons (Fsp3) is 1.00. The Bertz CT molecular complexity index is 215. The minimum Gasteiger partial charge on any atom is -0.303 e. The third kappa shape index (κ3) is 3.47. The number of hydrogen-bond acceptors (Lipinski definition) is 2. The average molecular weight is 204 g/mol. The quantitative estimate of drug-likeness (QED) is 0.393. The second-order valence-corrected chi connectivity index (χ2v) is 3.49. The van der Waals surface area contributed by atoms with Crippen LogP contribution in [0.5, 0.6) is 0 Å². The molecule has 0 radical (unpaired) electrons. The van der Waals surface area contributed by atoms with Gasteiger partial charge in [0.05, 0.1) is 0 Å². The molecule has 1 heterocycles. The van der Waals surface area contributed by atoms with E-state index < -0.39 is 12.3 Å². The van der Waals surface area contributed by atoms with Crippen LogP contribution in [-0.4, -0.2) is 37.5 Å². The second-order valence-electron chi connectivity index (χ2n) is 3.49. The van der Waals surface area contributed by atoms with Gasteiger partial charge in [0.2, 0.25) is 6.43 Å². The topological polar surface area (TPSA) is 52.0 Å². The zero-order valence-corrected chi connectivity index (χ0v) is 7.94. The molecule has 0 spiro atoms. The Morgan fingerprint density at radius 2 is 2.36 bits per heavy atom. The summed E-state index contributed by atoms with van der Waals surface area (Å²) in [6.07, 6.45) is -0.807. The van der Waals surface area contributed by atoms with Crippen molar-refractivity contribution in [2.75, 3.05) is 26.2 Å². The molecule has 1 aliphatic rings. The van der Waals surface area contributed by atoms with Gasteiger partial charge in [0.15, 0.2) is 0 Å². The van der Waals surface area contributed by atoms with E-state index in [9.17, 15) is 8.78 Å². The van der Waals surface area contributed by atoms with Gasteiger partial charge in [-0.2, -0.15) is 0 Å². The molecular formula is C8H14F2N4. The molecule has 4 nitrogen and oxygen atoms in total. The van der Waals surface area contributed by atoms with E-state index in [1.807, 2.05) is 4.90 Å². The van der Waals surface area contributed by atoms with Crippen LogP contribution in [0.3, 0.4) is 0 Å². The summed E-state index contributed by atoms with van der Waals surface area (Å²) in [6, 6.07) is 0. The van der Waals surface area contributed by atoms with Crippen LogP contribution in [0.2, 0.25) is 0 Å². The van der Waals surface area contributed by atoms with Crippen LogP contribution < -0.4 is 0 Å². The largest absolute Gasteiger partial charge is 0.303 e. The van der Waals surface area contributed by atoms with Crippen molar-refractivity contribution in [2.45, 2.75) is 19.3 Å². The molecule has 0 aromatic carbocycles. The molecule has 0 N–H and O–H groups in total. The molecule has 6 heteroatoms. The van der Waals surface area contributed by atoms with Crippen LogP contribution >= 0.6 is 0 Å². The van der Waals surface area contributed by atoms with Crippen LogP contribution in [0.15, 0.2) is 5.11 Å². The Morgan fingerprint density at radius 1 is 1.57 bits per heavy atom. The van der Waals surface area contributed by atoms with Crippen molar-refractivity contribution in [3.63, 3.8) is 0 Å². The van der Waals surface area contributed by atoms with Crippen molar-refractivity contribution in [3.05, 3.63) is 10.4 Å². The number of azide groups is 1. The molecule has 1 aliphatic heterocycles.